The monoisotopic (exact) mass is 303 g/mol. The van der Waals surface area contributed by atoms with E-state index in [1.165, 1.54) is 14.2 Å². The maximum absolute atomic E-state index is 12.2. The van der Waals surface area contributed by atoms with Crippen LogP contribution in [0.5, 0.6) is 11.5 Å². The molecule has 116 valence electrons. The molecule has 0 bridgehead atoms. The second kappa shape index (κ2) is 6.80. The van der Waals surface area contributed by atoms with Gasteiger partial charge in [-0.3, -0.25) is 4.79 Å². The number of carbonyl (C=O) groups is 2. The zero-order valence-electron chi connectivity index (χ0n) is 12.7. The average Bonchev–Trinajstić information content (AvgIpc) is 2.97. The average molecular weight is 303 g/mol. The molecule has 2 aromatic rings. The smallest absolute Gasteiger partial charge is 0.355 e. The summed E-state index contributed by atoms with van der Waals surface area (Å²) in [4.78, 5) is 24.1. The minimum absolute atomic E-state index is 0.307. The highest BCUT2D eigenvalue weighted by atomic mass is 16.5. The van der Waals surface area contributed by atoms with Gasteiger partial charge in [0.2, 0.25) is 5.78 Å². The highest BCUT2D eigenvalue weighted by Gasteiger charge is 2.17. The first kappa shape index (κ1) is 15.6. The Balaban J connectivity index is 2.09. The lowest BCUT2D eigenvalue weighted by Crippen LogP contribution is -2.16. The van der Waals surface area contributed by atoms with Gasteiger partial charge in [-0.05, 0) is 30.3 Å². The Morgan fingerprint density at radius 3 is 2.50 bits per heavy atom. The molecule has 0 saturated carbocycles. The van der Waals surface area contributed by atoms with Crippen LogP contribution in [0.25, 0.3) is 0 Å². The van der Waals surface area contributed by atoms with E-state index in [0.717, 1.165) is 0 Å². The molecule has 22 heavy (non-hydrogen) atoms. The van der Waals surface area contributed by atoms with Gasteiger partial charge in [0.1, 0.15) is 17.2 Å². The Morgan fingerprint density at radius 2 is 1.91 bits per heavy atom. The van der Waals surface area contributed by atoms with Crippen molar-refractivity contribution in [2.75, 3.05) is 20.8 Å². The van der Waals surface area contributed by atoms with Crippen LogP contribution in [0.15, 0.2) is 36.5 Å². The molecule has 1 heterocycles. The molecular weight excluding hydrogens is 286 g/mol. The molecule has 0 aliphatic heterocycles. The van der Waals surface area contributed by atoms with Gasteiger partial charge < -0.3 is 18.8 Å². The molecule has 1 aromatic carbocycles. The lowest BCUT2D eigenvalue weighted by molar-refractivity contribution is 0.0464. The molecule has 0 atom stereocenters. The SMILES string of the molecule is COc1ccc(OC)c(C(=O)COC(=O)c2cccn2C)c1. The topological polar surface area (TPSA) is 66.8 Å². The number of hydrogen-bond donors (Lipinski definition) is 0. The minimum Gasteiger partial charge on any atom is -0.497 e. The maximum atomic E-state index is 12.2. The number of ketones is 1. The van der Waals surface area contributed by atoms with Crippen LogP contribution >= 0.6 is 0 Å². The summed E-state index contributed by atoms with van der Waals surface area (Å²) in [6, 6.07) is 8.22. The van der Waals surface area contributed by atoms with Crippen molar-refractivity contribution < 1.29 is 23.8 Å². The Labute approximate surface area is 128 Å². The van der Waals surface area contributed by atoms with E-state index in [2.05, 4.69) is 0 Å². The van der Waals surface area contributed by atoms with Crippen LogP contribution in [-0.2, 0) is 11.8 Å². The molecule has 0 fully saturated rings. The number of aryl methyl sites for hydroxylation is 1. The molecule has 0 N–H and O–H groups in total. The van der Waals surface area contributed by atoms with E-state index in [9.17, 15) is 9.59 Å². The molecule has 2 rings (SSSR count). The largest absolute Gasteiger partial charge is 0.497 e. The second-order valence-electron chi connectivity index (χ2n) is 4.57. The molecule has 0 aliphatic carbocycles. The van der Waals surface area contributed by atoms with E-state index in [1.807, 2.05) is 0 Å². The molecule has 0 amide bonds. The van der Waals surface area contributed by atoms with E-state index < -0.39 is 5.97 Å². The highest BCUT2D eigenvalue weighted by molar-refractivity contribution is 6.01. The van der Waals surface area contributed by atoms with Crippen LogP contribution in [0.2, 0.25) is 0 Å². The predicted molar refractivity (Wildman–Crippen MR) is 79.6 cm³/mol. The molecule has 1 aromatic heterocycles. The van der Waals surface area contributed by atoms with Crippen molar-refractivity contribution in [1.29, 1.82) is 0 Å². The van der Waals surface area contributed by atoms with Gasteiger partial charge >= 0.3 is 5.97 Å². The van der Waals surface area contributed by atoms with Crippen molar-refractivity contribution in [1.82, 2.24) is 4.57 Å². The molecule has 6 nitrogen and oxygen atoms in total. The summed E-state index contributed by atoms with van der Waals surface area (Å²) in [7, 11) is 4.70. The number of ether oxygens (including phenoxy) is 3. The fraction of sp³-hybridized carbons (Fsp3) is 0.250. The van der Waals surface area contributed by atoms with Gasteiger partial charge in [-0.2, -0.15) is 0 Å². The van der Waals surface area contributed by atoms with Gasteiger partial charge in [-0.25, -0.2) is 4.79 Å². The highest BCUT2D eigenvalue weighted by Crippen LogP contribution is 2.24. The first-order valence-corrected chi connectivity index (χ1v) is 6.60. The number of benzene rings is 1. The summed E-state index contributed by atoms with van der Waals surface area (Å²) in [5.41, 5.74) is 0.687. The number of aromatic nitrogens is 1. The van der Waals surface area contributed by atoms with Crippen molar-refractivity contribution >= 4 is 11.8 Å². The third-order valence-corrected chi connectivity index (χ3v) is 3.19. The van der Waals surface area contributed by atoms with E-state index in [1.54, 1.807) is 48.1 Å². The van der Waals surface area contributed by atoms with Crippen LogP contribution in [0.4, 0.5) is 0 Å². The number of nitrogens with zero attached hydrogens (tertiary/aromatic N) is 1. The van der Waals surface area contributed by atoms with Gasteiger partial charge in [0.15, 0.2) is 6.61 Å². The summed E-state index contributed by atoms with van der Waals surface area (Å²) >= 11 is 0. The standard InChI is InChI=1S/C16H17NO5/c1-17-8-4-5-13(17)16(19)22-10-14(18)12-9-11(20-2)6-7-15(12)21-3/h4-9H,10H2,1-3H3. The number of carbonyl (C=O) groups excluding carboxylic acids is 2. The van der Waals surface area contributed by atoms with Crippen molar-refractivity contribution in [2.45, 2.75) is 0 Å². The molecule has 0 aliphatic rings. The van der Waals surface area contributed by atoms with Gasteiger partial charge in [0, 0.05) is 13.2 Å². The van der Waals surface area contributed by atoms with Crippen molar-refractivity contribution in [3.63, 3.8) is 0 Å². The Hall–Kier alpha value is -2.76. The first-order chi connectivity index (χ1) is 10.6. The maximum Gasteiger partial charge on any atom is 0.355 e. The number of methoxy groups -OCH3 is 2. The molecule has 6 heteroatoms. The van der Waals surface area contributed by atoms with E-state index in [0.29, 0.717) is 22.8 Å². The first-order valence-electron chi connectivity index (χ1n) is 6.60. The number of rotatable bonds is 6. The second-order valence-corrected chi connectivity index (χ2v) is 4.57. The van der Waals surface area contributed by atoms with Crippen molar-refractivity contribution in [2.24, 2.45) is 7.05 Å². The van der Waals surface area contributed by atoms with E-state index in [-0.39, 0.29) is 12.4 Å². The van der Waals surface area contributed by atoms with Crippen LogP contribution in [0, 0.1) is 0 Å². The van der Waals surface area contributed by atoms with Gasteiger partial charge in [-0.15, -0.1) is 0 Å². The lowest BCUT2D eigenvalue weighted by atomic mass is 10.1. The van der Waals surface area contributed by atoms with E-state index >= 15 is 0 Å². The van der Waals surface area contributed by atoms with E-state index in [4.69, 9.17) is 14.2 Å². The van der Waals surface area contributed by atoms with Gasteiger partial charge in [-0.1, -0.05) is 0 Å². The summed E-state index contributed by atoms with van der Waals surface area (Å²) < 4.78 is 16.9. The fourth-order valence-corrected chi connectivity index (χ4v) is 1.99. The minimum atomic E-state index is -0.553. The van der Waals surface area contributed by atoms with Gasteiger partial charge in [0.05, 0.1) is 19.8 Å². The zero-order valence-corrected chi connectivity index (χ0v) is 12.7. The van der Waals surface area contributed by atoms with Crippen molar-refractivity contribution in [3.8, 4) is 11.5 Å². The number of hydrogen-bond acceptors (Lipinski definition) is 5. The lowest BCUT2D eigenvalue weighted by Gasteiger charge is -2.10. The summed E-state index contributed by atoms with van der Waals surface area (Å²) in [6.45, 7) is -0.368. The molecule has 0 unspecified atom stereocenters. The summed E-state index contributed by atoms with van der Waals surface area (Å²) in [6.07, 6.45) is 1.73. The van der Waals surface area contributed by atoms with Crippen LogP contribution in [0.1, 0.15) is 20.8 Å². The molecular formula is C16H17NO5. The Kier molecular flexibility index (Phi) is 4.83. The van der Waals surface area contributed by atoms with Crippen LogP contribution in [0.3, 0.4) is 0 Å². The summed E-state index contributed by atoms with van der Waals surface area (Å²) in [5.74, 6) is 0.0136. The molecule has 0 radical (unpaired) electrons. The van der Waals surface area contributed by atoms with Crippen LogP contribution in [-0.4, -0.2) is 37.1 Å². The zero-order chi connectivity index (χ0) is 16.1. The summed E-state index contributed by atoms with van der Waals surface area (Å²) in [5, 5.41) is 0. The number of Topliss-reactive ketones (excluding diaryl/α,β-unsaturated/α-hetero) is 1. The fourth-order valence-electron chi connectivity index (χ4n) is 1.99. The van der Waals surface area contributed by atoms with Gasteiger partial charge in [0.25, 0.3) is 0 Å². The Bertz CT molecular complexity index is 690. The number of esters is 1. The Morgan fingerprint density at radius 1 is 1.14 bits per heavy atom. The molecule has 0 spiro atoms. The predicted octanol–water partition coefficient (Wildman–Crippen LogP) is 2.08. The van der Waals surface area contributed by atoms with Crippen molar-refractivity contribution in [3.05, 3.63) is 47.8 Å². The quantitative estimate of drug-likeness (QED) is 0.604. The third-order valence-electron chi connectivity index (χ3n) is 3.19. The third kappa shape index (κ3) is 3.28. The molecule has 0 saturated heterocycles. The normalized spacial score (nSPS) is 10.1. The van der Waals surface area contributed by atoms with Crippen LogP contribution < -0.4 is 9.47 Å².